The molecule has 0 aliphatic heterocycles. The first kappa shape index (κ1) is 22.4. The molecular formula is C24H38F2O4. The SMILES string of the molecule is C[C@H](CCC(=O)O)[C@H]1CC[C@H]2[C@@H]3[C@@H](O)C[C@@H]4C[C@@H](O)C(F)(F)C[C@]4(C)[C@H]3CC[C@]12C. The number of fused-ring (bicyclic) bond motifs is 5. The lowest BCUT2D eigenvalue weighted by Gasteiger charge is -2.63. The average Bonchev–Trinajstić information content (AvgIpc) is 2.99. The van der Waals surface area contributed by atoms with Crippen molar-refractivity contribution in [2.75, 3.05) is 0 Å². The first-order valence-corrected chi connectivity index (χ1v) is 11.9. The molecule has 0 aromatic heterocycles. The third kappa shape index (κ3) is 3.32. The maximum atomic E-state index is 14.6. The summed E-state index contributed by atoms with van der Waals surface area (Å²) in [5, 5.41) is 30.2. The summed E-state index contributed by atoms with van der Waals surface area (Å²) in [7, 11) is 0. The van der Waals surface area contributed by atoms with Crippen LogP contribution in [0.25, 0.3) is 0 Å². The predicted octanol–water partition coefficient (Wildman–Crippen LogP) is 4.72. The van der Waals surface area contributed by atoms with Crippen LogP contribution in [0.4, 0.5) is 8.78 Å². The van der Waals surface area contributed by atoms with Crippen LogP contribution in [0.5, 0.6) is 0 Å². The maximum Gasteiger partial charge on any atom is 0.303 e. The molecule has 0 unspecified atom stereocenters. The molecule has 30 heavy (non-hydrogen) atoms. The fraction of sp³-hybridized carbons (Fsp3) is 0.958. The van der Waals surface area contributed by atoms with Gasteiger partial charge in [-0.15, -0.1) is 0 Å². The van der Waals surface area contributed by atoms with Crippen molar-refractivity contribution >= 4 is 5.97 Å². The second-order valence-electron chi connectivity index (χ2n) is 11.6. The van der Waals surface area contributed by atoms with Crippen LogP contribution in [-0.2, 0) is 4.79 Å². The summed E-state index contributed by atoms with van der Waals surface area (Å²) >= 11 is 0. The number of aliphatic hydroxyl groups is 2. The van der Waals surface area contributed by atoms with E-state index in [4.69, 9.17) is 5.11 Å². The number of halogens is 2. The van der Waals surface area contributed by atoms with Crippen molar-refractivity contribution in [3.05, 3.63) is 0 Å². The van der Waals surface area contributed by atoms with Gasteiger partial charge in [0.25, 0.3) is 5.92 Å². The Bertz CT molecular complexity index is 684. The Hall–Kier alpha value is -0.750. The molecule has 6 heteroatoms. The molecule has 172 valence electrons. The smallest absolute Gasteiger partial charge is 0.303 e. The predicted molar refractivity (Wildman–Crippen MR) is 109 cm³/mol. The zero-order chi connectivity index (χ0) is 22.1. The summed E-state index contributed by atoms with van der Waals surface area (Å²) in [6.45, 7) is 6.46. The number of aliphatic carboxylic acids is 1. The number of carboxylic acids is 1. The highest BCUT2D eigenvalue weighted by Crippen LogP contribution is 2.69. The van der Waals surface area contributed by atoms with Crippen LogP contribution in [0, 0.1) is 46.3 Å². The molecule has 0 aromatic carbocycles. The van der Waals surface area contributed by atoms with Crippen molar-refractivity contribution in [3.8, 4) is 0 Å². The van der Waals surface area contributed by atoms with Gasteiger partial charge in [0.2, 0.25) is 0 Å². The molecule has 0 radical (unpaired) electrons. The molecule has 4 nitrogen and oxygen atoms in total. The molecule has 4 aliphatic rings. The van der Waals surface area contributed by atoms with E-state index >= 15 is 0 Å². The van der Waals surface area contributed by atoms with Crippen molar-refractivity contribution in [2.24, 2.45) is 46.3 Å². The van der Waals surface area contributed by atoms with Crippen molar-refractivity contribution < 1.29 is 28.9 Å². The fourth-order valence-corrected chi connectivity index (χ4v) is 8.76. The first-order valence-electron chi connectivity index (χ1n) is 11.9. The summed E-state index contributed by atoms with van der Waals surface area (Å²) in [5.41, 5.74) is -0.499. The Labute approximate surface area is 178 Å². The van der Waals surface area contributed by atoms with Crippen LogP contribution in [-0.4, -0.2) is 39.4 Å². The van der Waals surface area contributed by atoms with Crippen LogP contribution in [0.3, 0.4) is 0 Å². The third-order valence-electron chi connectivity index (χ3n) is 10.3. The fourth-order valence-electron chi connectivity index (χ4n) is 8.76. The summed E-state index contributed by atoms with van der Waals surface area (Å²) in [5.74, 6) is -2.72. The van der Waals surface area contributed by atoms with E-state index in [1.807, 2.05) is 6.92 Å². The summed E-state index contributed by atoms with van der Waals surface area (Å²) < 4.78 is 29.1. The maximum absolute atomic E-state index is 14.6. The highest BCUT2D eigenvalue weighted by molar-refractivity contribution is 5.66. The van der Waals surface area contributed by atoms with Crippen LogP contribution in [0.15, 0.2) is 0 Å². The number of hydrogen-bond donors (Lipinski definition) is 3. The van der Waals surface area contributed by atoms with Crippen LogP contribution >= 0.6 is 0 Å². The molecule has 0 amide bonds. The molecule has 0 aromatic rings. The summed E-state index contributed by atoms with van der Waals surface area (Å²) in [6, 6.07) is 0. The largest absolute Gasteiger partial charge is 0.481 e. The number of carboxylic acid groups (broad SMARTS) is 1. The van der Waals surface area contributed by atoms with E-state index in [2.05, 4.69) is 13.8 Å². The molecule has 4 fully saturated rings. The Kier molecular flexibility index (Phi) is 5.53. The number of alkyl halides is 2. The monoisotopic (exact) mass is 428 g/mol. The van der Waals surface area contributed by atoms with Gasteiger partial charge in [0.05, 0.1) is 6.10 Å². The standard InChI is InChI=1S/C24H38F2O4/c1-13(4-7-20(29)30)15-5-6-16-21-17(8-9-22(15,16)2)23(3)12-24(25,26)19(28)11-14(23)10-18(21)27/h13-19,21,27-28H,4-12H2,1-3H3,(H,29,30)/t13-,14-,15-,16+,17+,18+,19-,21+,22-,23+/m1/s1. The van der Waals surface area contributed by atoms with Gasteiger partial charge in [0.1, 0.15) is 6.10 Å². The topological polar surface area (TPSA) is 77.8 Å². The third-order valence-corrected chi connectivity index (χ3v) is 10.3. The van der Waals surface area contributed by atoms with Crippen molar-refractivity contribution in [3.63, 3.8) is 0 Å². The lowest BCUT2D eigenvalue weighted by atomic mass is 9.43. The molecule has 10 atom stereocenters. The van der Waals surface area contributed by atoms with Gasteiger partial charge in [0, 0.05) is 12.8 Å². The van der Waals surface area contributed by atoms with Crippen molar-refractivity contribution in [2.45, 2.75) is 96.7 Å². The van der Waals surface area contributed by atoms with Crippen molar-refractivity contribution in [1.29, 1.82) is 0 Å². The van der Waals surface area contributed by atoms with Gasteiger partial charge in [-0.05, 0) is 91.3 Å². The molecule has 4 rings (SSSR count). The van der Waals surface area contributed by atoms with Gasteiger partial charge in [-0.2, -0.15) is 0 Å². The van der Waals surface area contributed by atoms with E-state index in [1.165, 1.54) is 0 Å². The van der Waals surface area contributed by atoms with E-state index < -0.39 is 29.5 Å². The van der Waals surface area contributed by atoms with Crippen molar-refractivity contribution in [1.82, 2.24) is 0 Å². The molecule has 4 aliphatic carbocycles. The molecular weight excluding hydrogens is 390 g/mol. The molecule has 0 saturated heterocycles. The second kappa shape index (κ2) is 7.40. The normalized spacial score (nSPS) is 50.8. The average molecular weight is 429 g/mol. The summed E-state index contributed by atoms with van der Waals surface area (Å²) in [4.78, 5) is 11.0. The Morgan fingerprint density at radius 2 is 1.73 bits per heavy atom. The van der Waals surface area contributed by atoms with Crippen LogP contribution in [0.1, 0.15) is 78.6 Å². The lowest BCUT2D eigenvalue weighted by molar-refractivity contribution is -0.236. The molecule has 0 heterocycles. The number of aliphatic hydroxyl groups excluding tert-OH is 2. The zero-order valence-corrected chi connectivity index (χ0v) is 18.5. The number of rotatable bonds is 4. The molecule has 3 N–H and O–H groups in total. The lowest BCUT2D eigenvalue weighted by Crippen LogP contribution is -2.62. The Morgan fingerprint density at radius 1 is 1.07 bits per heavy atom. The van der Waals surface area contributed by atoms with E-state index in [9.17, 15) is 23.8 Å². The van der Waals surface area contributed by atoms with E-state index in [1.54, 1.807) is 0 Å². The van der Waals surface area contributed by atoms with Crippen LogP contribution < -0.4 is 0 Å². The van der Waals surface area contributed by atoms with E-state index in [-0.39, 0.29) is 42.4 Å². The minimum Gasteiger partial charge on any atom is -0.481 e. The summed E-state index contributed by atoms with van der Waals surface area (Å²) in [6.07, 6.45) is 2.92. The highest BCUT2D eigenvalue weighted by atomic mass is 19.3. The van der Waals surface area contributed by atoms with Crippen LogP contribution in [0.2, 0.25) is 0 Å². The van der Waals surface area contributed by atoms with E-state index in [0.717, 1.165) is 25.7 Å². The molecule has 0 bridgehead atoms. The zero-order valence-electron chi connectivity index (χ0n) is 18.5. The Balaban J connectivity index is 1.59. The quantitative estimate of drug-likeness (QED) is 0.605. The van der Waals surface area contributed by atoms with Gasteiger partial charge in [0.15, 0.2) is 0 Å². The van der Waals surface area contributed by atoms with Gasteiger partial charge >= 0.3 is 5.97 Å². The number of hydrogen-bond acceptors (Lipinski definition) is 3. The molecule has 0 spiro atoms. The van der Waals surface area contributed by atoms with Gasteiger partial charge in [-0.25, -0.2) is 8.78 Å². The highest BCUT2D eigenvalue weighted by Gasteiger charge is 2.66. The van der Waals surface area contributed by atoms with Gasteiger partial charge < -0.3 is 15.3 Å². The molecule has 4 saturated carbocycles. The number of carbonyl (C=O) groups is 1. The second-order valence-corrected chi connectivity index (χ2v) is 11.6. The minimum atomic E-state index is -3.05. The van der Waals surface area contributed by atoms with Gasteiger partial charge in [-0.3, -0.25) is 4.79 Å². The minimum absolute atomic E-state index is 0.0349. The Morgan fingerprint density at radius 3 is 2.40 bits per heavy atom. The first-order chi connectivity index (χ1) is 13.9. The van der Waals surface area contributed by atoms with Gasteiger partial charge in [-0.1, -0.05) is 20.8 Å². The van der Waals surface area contributed by atoms with E-state index in [0.29, 0.717) is 30.6 Å².